The number of methoxy groups -OCH3 is 1. The summed E-state index contributed by atoms with van der Waals surface area (Å²) in [6, 6.07) is 0.489. The second kappa shape index (κ2) is 5.04. The lowest BCUT2D eigenvalue weighted by Gasteiger charge is -2.23. The van der Waals surface area contributed by atoms with Gasteiger partial charge >= 0.3 is 0 Å². The van der Waals surface area contributed by atoms with Gasteiger partial charge < -0.3 is 10.1 Å². The van der Waals surface area contributed by atoms with Crippen molar-refractivity contribution in [3.63, 3.8) is 0 Å². The van der Waals surface area contributed by atoms with Crippen LogP contribution in [0.15, 0.2) is 0 Å². The van der Waals surface area contributed by atoms with Crippen LogP contribution in [0.5, 0.6) is 0 Å². The van der Waals surface area contributed by atoms with Crippen molar-refractivity contribution in [3.05, 3.63) is 15.6 Å². The number of thiazole rings is 1. The number of hydrogen-bond donors (Lipinski definition) is 1. The fourth-order valence-electron chi connectivity index (χ4n) is 2.30. The van der Waals surface area contributed by atoms with Gasteiger partial charge in [0.25, 0.3) is 0 Å². The number of nitrogens with one attached hydrogen (secondary N) is 1. The van der Waals surface area contributed by atoms with E-state index in [0.29, 0.717) is 6.04 Å². The molecule has 0 fully saturated rings. The Morgan fingerprint density at radius 2 is 2.35 bits per heavy atom. The average molecular weight is 254 g/mol. The van der Waals surface area contributed by atoms with E-state index < -0.39 is 0 Å². The van der Waals surface area contributed by atoms with E-state index in [1.807, 2.05) is 18.4 Å². The van der Waals surface area contributed by atoms with Gasteiger partial charge in [-0.2, -0.15) is 0 Å². The minimum Gasteiger partial charge on any atom is -0.371 e. The molecule has 2 rings (SSSR count). The maximum Gasteiger partial charge on any atom is 0.125 e. The standard InChI is InChI=1S/C13H22N2OS/c1-5-13(2,16-4)12-15-10-8-6-7-9(14-3)11(10)17-12/h9,14H,5-8H2,1-4H3. The Bertz CT molecular complexity index is 385. The highest BCUT2D eigenvalue weighted by atomic mass is 32.1. The molecule has 0 aliphatic heterocycles. The van der Waals surface area contributed by atoms with Gasteiger partial charge in [-0.25, -0.2) is 4.98 Å². The zero-order valence-electron chi connectivity index (χ0n) is 11.2. The molecule has 4 heteroatoms. The number of ether oxygens (including phenoxy) is 1. The van der Waals surface area contributed by atoms with Crippen molar-refractivity contribution < 1.29 is 4.74 Å². The highest BCUT2D eigenvalue weighted by Crippen LogP contribution is 2.39. The molecule has 3 nitrogen and oxygen atoms in total. The number of hydrogen-bond acceptors (Lipinski definition) is 4. The summed E-state index contributed by atoms with van der Waals surface area (Å²) in [6.07, 6.45) is 4.53. The van der Waals surface area contributed by atoms with Crippen LogP contribution in [0.25, 0.3) is 0 Å². The minimum absolute atomic E-state index is 0.222. The topological polar surface area (TPSA) is 34.1 Å². The first-order valence-electron chi connectivity index (χ1n) is 6.37. The van der Waals surface area contributed by atoms with E-state index in [-0.39, 0.29) is 5.60 Å². The third kappa shape index (κ3) is 2.26. The summed E-state index contributed by atoms with van der Waals surface area (Å²) < 4.78 is 5.65. The minimum atomic E-state index is -0.222. The molecule has 2 unspecified atom stereocenters. The molecule has 0 saturated heterocycles. The number of aryl methyl sites for hydroxylation is 1. The van der Waals surface area contributed by atoms with Crippen molar-refractivity contribution in [2.45, 2.75) is 51.2 Å². The first kappa shape index (κ1) is 13.0. The molecule has 1 aliphatic rings. The first-order valence-corrected chi connectivity index (χ1v) is 7.18. The molecule has 2 atom stereocenters. The Kier molecular flexibility index (Phi) is 3.85. The summed E-state index contributed by atoms with van der Waals surface area (Å²) in [5, 5.41) is 4.52. The Morgan fingerprint density at radius 1 is 1.59 bits per heavy atom. The van der Waals surface area contributed by atoms with Crippen LogP contribution in [-0.4, -0.2) is 19.1 Å². The summed E-state index contributed by atoms with van der Waals surface area (Å²) in [6.45, 7) is 4.28. The van der Waals surface area contributed by atoms with E-state index in [1.54, 1.807) is 7.11 Å². The van der Waals surface area contributed by atoms with Gasteiger partial charge in [0.1, 0.15) is 10.6 Å². The second-order valence-corrected chi connectivity index (χ2v) is 5.88. The van der Waals surface area contributed by atoms with Gasteiger partial charge in [0.05, 0.1) is 5.69 Å². The van der Waals surface area contributed by atoms with Crippen molar-refractivity contribution in [1.29, 1.82) is 0 Å². The van der Waals surface area contributed by atoms with Crippen LogP contribution in [-0.2, 0) is 16.8 Å². The summed E-state index contributed by atoms with van der Waals surface area (Å²) in [5.41, 5.74) is 1.06. The molecule has 1 N–H and O–H groups in total. The molecule has 1 heterocycles. The number of rotatable bonds is 4. The largest absolute Gasteiger partial charge is 0.371 e. The number of fused-ring (bicyclic) bond motifs is 1. The van der Waals surface area contributed by atoms with E-state index in [2.05, 4.69) is 19.2 Å². The maximum absolute atomic E-state index is 5.65. The van der Waals surface area contributed by atoms with Crippen LogP contribution in [0, 0.1) is 0 Å². The Labute approximate surface area is 108 Å². The fourth-order valence-corrected chi connectivity index (χ4v) is 3.76. The molecule has 0 aromatic carbocycles. The van der Waals surface area contributed by atoms with Gasteiger partial charge in [0, 0.05) is 18.0 Å². The molecule has 1 aliphatic carbocycles. The van der Waals surface area contributed by atoms with Crippen molar-refractivity contribution >= 4 is 11.3 Å². The predicted molar refractivity (Wildman–Crippen MR) is 71.5 cm³/mol. The van der Waals surface area contributed by atoms with Gasteiger partial charge in [-0.05, 0) is 39.7 Å². The van der Waals surface area contributed by atoms with E-state index in [0.717, 1.165) is 17.8 Å². The highest BCUT2D eigenvalue weighted by molar-refractivity contribution is 7.12. The van der Waals surface area contributed by atoms with E-state index >= 15 is 0 Å². The first-order chi connectivity index (χ1) is 8.14. The van der Waals surface area contributed by atoms with E-state index in [9.17, 15) is 0 Å². The van der Waals surface area contributed by atoms with Crippen LogP contribution in [0.2, 0.25) is 0 Å². The van der Waals surface area contributed by atoms with Crippen molar-refractivity contribution in [1.82, 2.24) is 10.3 Å². The Balaban J connectivity index is 2.36. The quantitative estimate of drug-likeness (QED) is 0.897. The average Bonchev–Trinajstić information content (AvgIpc) is 2.81. The molecule has 17 heavy (non-hydrogen) atoms. The molecule has 0 spiro atoms. The maximum atomic E-state index is 5.65. The van der Waals surface area contributed by atoms with Gasteiger partial charge in [-0.1, -0.05) is 6.92 Å². The summed E-state index contributed by atoms with van der Waals surface area (Å²) in [5.74, 6) is 0. The highest BCUT2D eigenvalue weighted by Gasteiger charge is 2.32. The number of nitrogens with zero attached hydrogens (tertiary/aromatic N) is 1. The molecule has 1 aromatic rings. The molecule has 96 valence electrons. The lowest BCUT2D eigenvalue weighted by atomic mass is 9.98. The molecule has 0 amide bonds. The van der Waals surface area contributed by atoms with Gasteiger partial charge in [0.15, 0.2) is 0 Å². The lowest BCUT2D eigenvalue weighted by Crippen LogP contribution is -2.22. The van der Waals surface area contributed by atoms with Crippen LogP contribution in [0.4, 0.5) is 0 Å². The van der Waals surface area contributed by atoms with Crippen LogP contribution >= 0.6 is 11.3 Å². The van der Waals surface area contributed by atoms with Crippen molar-refractivity contribution in [3.8, 4) is 0 Å². The Hall–Kier alpha value is -0.450. The van der Waals surface area contributed by atoms with E-state index in [4.69, 9.17) is 9.72 Å². The lowest BCUT2D eigenvalue weighted by molar-refractivity contribution is -0.00166. The summed E-state index contributed by atoms with van der Waals surface area (Å²) >= 11 is 1.83. The van der Waals surface area contributed by atoms with Gasteiger partial charge in [-0.3, -0.25) is 0 Å². The third-order valence-electron chi connectivity index (χ3n) is 3.88. The molecule has 0 bridgehead atoms. The number of aromatic nitrogens is 1. The van der Waals surface area contributed by atoms with Gasteiger partial charge in [-0.15, -0.1) is 11.3 Å². The fraction of sp³-hybridized carbons (Fsp3) is 0.769. The molecular formula is C13H22N2OS. The molecule has 0 saturated carbocycles. The second-order valence-electron chi connectivity index (χ2n) is 4.85. The zero-order valence-corrected chi connectivity index (χ0v) is 12.0. The smallest absolute Gasteiger partial charge is 0.125 e. The predicted octanol–water partition coefficient (Wildman–Crippen LogP) is 3.01. The monoisotopic (exact) mass is 254 g/mol. The van der Waals surface area contributed by atoms with E-state index in [1.165, 1.54) is 23.4 Å². The van der Waals surface area contributed by atoms with Crippen LogP contribution < -0.4 is 5.32 Å². The third-order valence-corrected chi connectivity index (χ3v) is 5.33. The Morgan fingerprint density at radius 3 is 2.94 bits per heavy atom. The molecule has 0 radical (unpaired) electrons. The molecular weight excluding hydrogens is 232 g/mol. The van der Waals surface area contributed by atoms with Crippen LogP contribution in [0.1, 0.15) is 54.7 Å². The van der Waals surface area contributed by atoms with Crippen molar-refractivity contribution in [2.24, 2.45) is 0 Å². The normalized spacial score (nSPS) is 23.2. The summed E-state index contributed by atoms with van der Waals surface area (Å²) in [4.78, 5) is 6.24. The summed E-state index contributed by atoms with van der Waals surface area (Å²) in [7, 11) is 3.81. The SMILES string of the molecule is CCC(C)(OC)c1nc2c(s1)C(NC)CCC2. The van der Waals surface area contributed by atoms with Crippen molar-refractivity contribution in [2.75, 3.05) is 14.2 Å². The van der Waals surface area contributed by atoms with Gasteiger partial charge in [0.2, 0.25) is 0 Å². The van der Waals surface area contributed by atoms with Crippen LogP contribution in [0.3, 0.4) is 0 Å². The zero-order chi connectivity index (χ0) is 12.5. The molecule has 1 aromatic heterocycles.